The summed E-state index contributed by atoms with van der Waals surface area (Å²) in [5, 5.41) is 17.7. The molecule has 2 amide bonds. The molecule has 1 aliphatic carbocycles. The van der Waals surface area contributed by atoms with Gasteiger partial charge in [0.05, 0.1) is 6.20 Å². The maximum Gasteiger partial charge on any atom is 0.290 e. The second kappa shape index (κ2) is 11.0. The van der Waals surface area contributed by atoms with Gasteiger partial charge in [-0.3, -0.25) is 14.4 Å². The molecule has 2 aromatic heterocycles. The molecule has 0 aliphatic heterocycles. The van der Waals surface area contributed by atoms with Crippen LogP contribution in [-0.4, -0.2) is 46.1 Å². The van der Waals surface area contributed by atoms with Crippen molar-refractivity contribution in [2.24, 2.45) is 5.92 Å². The van der Waals surface area contributed by atoms with Crippen molar-refractivity contribution in [3.63, 3.8) is 0 Å². The Morgan fingerprint density at radius 1 is 1.19 bits per heavy atom. The van der Waals surface area contributed by atoms with Gasteiger partial charge in [-0.15, -0.1) is 0 Å². The van der Waals surface area contributed by atoms with Crippen LogP contribution in [0.25, 0.3) is 10.9 Å². The van der Waals surface area contributed by atoms with Gasteiger partial charge in [0.25, 0.3) is 12.4 Å². The van der Waals surface area contributed by atoms with E-state index in [1.807, 2.05) is 18.3 Å². The Morgan fingerprint density at radius 3 is 2.65 bits per heavy atom. The van der Waals surface area contributed by atoms with Crippen LogP contribution in [0.5, 0.6) is 0 Å². The highest BCUT2D eigenvalue weighted by Gasteiger charge is 2.27. The molecule has 1 aliphatic rings. The molecule has 0 spiro atoms. The number of fused-ring (bicyclic) bond motifs is 1. The number of nitrogens with zero attached hydrogens (tertiary/aromatic N) is 1. The fraction of sp³-hybridized carbons (Fsp3) is 0.364. The van der Waals surface area contributed by atoms with Crippen LogP contribution < -0.4 is 10.6 Å². The van der Waals surface area contributed by atoms with Crippen LogP contribution in [0.15, 0.2) is 47.2 Å². The molecular formula is C22H26N4O5. The molecule has 4 rings (SSSR count). The molecule has 0 unspecified atom stereocenters. The molecule has 1 saturated carbocycles. The van der Waals surface area contributed by atoms with Crippen LogP contribution in [0.2, 0.25) is 0 Å². The highest BCUT2D eigenvalue weighted by molar-refractivity contribution is 5.91. The fourth-order valence-corrected chi connectivity index (χ4v) is 3.89. The zero-order valence-corrected chi connectivity index (χ0v) is 17.0. The third kappa shape index (κ3) is 5.94. The number of aromatic amines is 1. The molecule has 4 N–H and O–H groups in total. The van der Waals surface area contributed by atoms with Crippen LogP contribution >= 0.6 is 0 Å². The highest BCUT2D eigenvalue weighted by atomic mass is 16.5. The van der Waals surface area contributed by atoms with E-state index in [9.17, 15) is 9.59 Å². The van der Waals surface area contributed by atoms with E-state index in [0.29, 0.717) is 6.54 Å². The van der Waals surface area contributed by atoms with Gasteiger partial charge >= 0.3 is 0 Å². The van der Waals surface area contributed by atoms with Crippen molar-refractivity contribution in [1.82, 2.24) is 20.8 Å². The number of carboxylic acid groups (broad SMARTS) is 1. The number of nitrogens with one attached hydrogen (secondary N) is 3. The minimum Gasteiger partial charge on any atom is -0.483 e. The summed E-state index contributed by atoms with van der Waals surface area (Å²) in [4.78, 5) is 36.1. The number of H-pyrrole nitrogens is 1. The first kappa shape index (κ1) is 22.1. The quantitative estimate of drug-likeness (QED) is 0.447. The average molecular weight is 426 g/mol. The molecule has 0 saturated heterocycles. The molecule has 0 radical (unpaired) electrons. The summed E-state index contributed by atoms with van der Waals surface area (Å²) in [5.74, 6) is 0.0996. The number of rotatable bonds is 6. The lowest BCUT2D eigenvalue weighted by Crippen LogP contribution is -2.41. The molecule has 0 atom stereocenters. The van der Waals surface area contributed by atoms with E-state index in [-0.39, 0.29) is 36.0 Å². The van der Waals surface area contributed by atoms with Gasteiger partial charge in [-0.05, 0) is 43.7 Å². The number of hydrogen-bond acceptors (Lipinski definition) is 5. The zero-order valence-electron chi connectivity index (χ0n) is 17.0. The van der Waals surface area contributed by atoms with E-state index >= 15 is 0 Å². The fourth-order valence-electron chi connectivity index (χ4n) is 3.89. The van der Waals surface area contributed by atoms with Crippen molar-refractivity contribution >= 4 is 29.2 Å². The summed E-state index contributed by atoms with van der Waals surface area (Å²) >= 11 is 0. The summed E-state index contributed by atoms with van der Waals surface area (Å²) in [6, 6.07) is 9.80. The monoisotopic (exact) mass is 426 g/mol. The maximum atomic E-state index is 12.5. The average Bonchev–Trinajstić information content (AvgIpc) is 3.45. The number of carbonyl (C=O) groups excluding carboxylic acids is 2. The molecule has 1 fully saturated rings. The van der Waals surface area contributed by atoms with E-state index in [0.717, 1.165) is 37.6 Å². The first-order chi connectivity index (χ1) is 15.1. The Bertz CT molecular complexity index is 990. The molecule has 3 aromatic rings. The third-order valence-electron chi connectivity index (χ3n) is 5.46. The largest absolute Gasteiger partial charge is 0.483 e. The number of aromatic nitrogens is 2. The predicted molar refractivity (Wildman–Crippen MR) is 113 cm³/mol. The second-order valence-electron chi connectivity index (χ2n) is 7.40. The van der Waals surface area contributed by atoms with Crippen LogP contribution in [0.1, 0.15) is 41.8 Å². The molecule has 164 valence electrons. The van der Waals surface area contributed by atoms with Crippen LogP contribution in [0.3, 0.4) is 0 Å². The molecule has 9 heteroatoms. The van der Waals surface area contributed by atoms with Gasteiger partial charge in [0.2, 0.25) is 11.7 Å². The smallest absolute Gasteiger partial charge is 0.290 e. The molecule has 9 nitrogen and oxygen atoms in total. The van der Waals surface area contributed by atoms with Crippen molar-refractivity contribution in [2.45, 2.75) is 38.1 Å². The summed E-state index contributed by atoms with van der Waals surface area (Å²) in [7, 11) is 0. The number of para-hydroxylation sites is 1. The second-order valence-corrected chi connectivity index (χ2v) is 7.40. The maximum absolute atomic E-state index is 12.5. The van der Waals surface area contributed by atoms with Crippen molar-refractivity contribution in [1.29, 1.82) is 0 Å². The van der Waals surface area contributed by atoms with Gasteiger partial charge < -0.3 is 25.2 Å². The number of benzene rings is 1. The van der Waals surface area contributed by atoms with E-state index < -0.39 is 0 Å². The number of hydrogen-bond donors (Lipinski definition) is 4. The first-order valence-electron chi connectivity index (χ1n) is 10.2. The van der Waals surface area contributed by atoms with Crippen molar-refractivity contribution in [3.8, 4) is 0 Å². The summed E-state index contributed by atoms with van der Waals surface area (Å²) in [6.45, 7) is 0.378. The zero-order chi connectivity index (χ0) is 22.1. The molecule has 2 heterocycles. The van der Waals surface area contributed by atoms with Gasteiger partial charge in [-0.25, -0.2) is 0 Å². The Morgan fingerprint density at radius 2 is 1.94 bits per heavy atom. The Kier molecular flexibility index (Phi) is 7.80. The summed E-state index contributed by atoms with van der Waals surface area (Å²) < 4.78 is 4.87. The summed E-state index contributed by atoms with van der Waals surface area (Å²) in [6.07, 6.45) is 7.41. The van der Waals surface area contributed by atoms with E-state index in [1.54, 1.807) is 6.07 Å². The summed E-state index contributed by atoms with van der Waals surface area (Å²) in [5.41, 5.74) is 2.34. The third-order valence-corrected chi connectivity index (χ3v) is 5.46. The minimum absolute atomic E-state index is 0.0152. The van der Waals surface area contributed by atoms with E-state index in [2.05, 4.69) is 32.9 Å². The minimum atomic E-state index is -0.250. The molecule has 1 aromatic carbocycles. The first-order valence-corrected chi connectivity index (χ1v) is 10.2. The Hall–Kier alpha value is -3.62. The van der Waals surface area contributed by atoms with E-state index in [4.69, 9.17) is 14.4 Å². The standard InChI is InChI=1S/C21H24N4O3.CH2O2/c26-20(22-11-9-15-13-23-18-4-2-1-3-17(15)18)14-5-7-16(8-6-14)25-21(27)19-10-12-24-28-19;2-1-3/h1-4,10,12-14,16,23H,5-9,11H2,(H,22,26)(H,25,27);1H,(H,2,3). The Balaban J connectivity index is 0.000000858. The topological polar surface area (TPSA) is 137 Å². The van der Waals surface area contributed by atoms with Gasteiger partial charge in [-0.1, -0.05) is 23.4 Å². The van der Waals surface area contributed by atoms with Crippen LogP contribution in [0.4, 0.5) is 0 Å². The van der Waals surface area contributed by atoms with Gasteiger partial charge in [-0.2, -0.15) is 0 Å². The number of carbonyl (C=O) groups is 3. The van der Waals surface area contributed by atoms with Crippen LogP contribution in [0, 0.1) is 5.92 Å². The molecular weight excluding hydrogens is 400 g/mol. The lowest BCUT2D eigenvalue weighted by molar-refractivity contribution is -0.126. The normalized spacial score (nSPS) is 17.9. The lowest BCUT2D eigenvalue weighted by Gasteiger charge is -2.28. The van der Waals surface area contributed by atoms with Crippen molar-refractivity contribution in [3.05, 3.63) is 54.0 Å². The molecule has 31 heavy (non-hydrogen) atoms. The SMILES string of the molecule is O=C(NC1CCC(C(=O)NCCc2c[nH]c3ccccc23)CC1)c1ccno1.O=CO. The predicted octanol–water partition coefficient (Wildman–Crippen LogP) is 2.50. The van der Waals surface area contributed by atoms with Gasteiger partial charge in [0, 0.05) is 41.7 Å². The van der Waals surface area contributed by atoms with Crippen LogP contribution in [-0.2, 0) is 16.0 Å². The lowest BCUT2D eigenvalue weighted by atomic mass is 9.85. The van der Waals surface area contributed by atoms with Gasteiger partial charge in [0.15, 0.2) is 0 Å². The van der Waals surface area contributed by atoms with E-state index in [1.165, 1.54) is 17.1 Å². The van der Waals surface area contributed by atoms with Crippen molar-refractivity contribution in [2.75, 3.05) is 6.54 Å². The van der Waals surface area contributed by atoms with Crippen molar-refractivity contribution < 1.29 is 24.0 Å². The number of amides is 2. The Labute approximate surface area is 179 Å². The molecule has 0 bridgehead atoms. The highest BCUT2D eigenvalue weighted by Crippen LogP contribution is 2.25. The van der Waals surface area contributed by atoms with Gasteiger partial charge in [0.1, 0.15) is 0 Å².